The van der Waals surface area contributed by atoms with Gasteiger partial charge in [-0.3, -0.25) is 0 Å². The number of aromatic nitrogens is 3. The number of anilines is 1. The Morgan fingerprint density at radius 1 is 1.32 bits per heavy atom. The normalized spacial score (nSPS) is 17.3. The summed E-state index contributed by atoms with van der Waals surface area (Å²) in [5.74, 6) is -0.270. The smallest absolute Gasteiger partial charge is 0.407 e. The summed E-state index contributed by atoms with van der Waals surface area (Å²) in [6, 6.07) is 6.28. The Bertz CT molecular complexity index is 961. The number of hydrogen-bond donors (Lipinski definition) is 1. The fourth-order valence-electron chi connectivity index (χ4n) is 3.10. The number of fused-ring (bicyclic) bond motifs is 1. The van der Waals surface area contributed by atoms with Crippen LogP contribution in [0, 0.1) is 5.82 Å². The predicted molar refractivity (Wildman–Crippen MR) is 106 cm³/mol. The van der Waals surface area contributed by atoms with Gasteiger partial charge in [-0.15, -0.1) is 5.10 Å². The molecule has 1 saturated heterocycles. The number of nitrogens with one attached hydrogen (secondary N) is 1. The molecule has 1 N–H and O–H groups in total. The van der Waals surface area contributed by atoms with Crippen LogP contribution >= 0.6 is 11.3 Å². The highest BCUT2D eigenvalue weighted by atomic mass is 32.1. The Balaban J connectivity index is 1.42. The molecule has 1 atom stereocenters. The van der Waals surface area contributed by atoms with Gasteiger partial charge in [0.2, 0.25) is 10.1 Å². The Morgan fingerprint density at radius 2 is 2.07 bits per heavy atom. The standard InChI is InChI=1S/C19H22FN5O2S/c1-19(2,3)27-18(26)21-14-8-9-24(10-14)17-23-25-11-15(22-16(25)28-17)12-4-6-13(20)7-5-12/h4-7,11,14H,8-10H2,1-3H3,(H,21,26)/t14-/m0/s1. The number of ether oxygens (including phenoxy) is 1. The van der Waals surface area contributed by atoms with E-state index in [-0.39, 0.29) is 11.9 Å². The number of alkyl carbamates (subject to hydrolysis) is 1. The second-order valence-corrected chi connectivity index (χ2v) is 8.76. The van der Waals surface area contributed by atoms with E-state index < -0.39 is 11.7 Å². The van der Waals surface area contributed by atoms with Crippen molar-refractivity contribution in [2.45, 2.75) is 38.8 Å². The van der Waals surface area contributed by atoms with E-state index >= 15 is 0 Å². The minimum atomic E-state index is -0.509. The Kier molecular flexibility index (Phi) is 4.70. The number of carbonyl (C=O) groups is 1. The molecule has 0 unspecified atom stereocenters. The van der Waals surface area contributed by atoms with Crippen molar-refractivity contribution in [1.29, 1.82) is 0 Å². The van der Waals surface area contributed by atoms with Gasteiger partial charge in [-0.2, -0.15) is 0 Å². The lowest BCUT2D eigenvalue weighted by Crippen LogP contribution is -2.40. The number of hydrogen-bond acceptors (Lipinski definition) is 6. The number of amides is 1. The van der Waals surface area contributed by atoms with E-state index in [9.17, 15) is 9.18 Å². The fourth-order valence-corrected chi connectivity index (χ4v) is 4.02. The molecule has 3 aromatic rings. The zero-order valence-electron chi connectivity index (χ0n) is 16.0. The van der Waals surface area contributed by atoms with E-state index in [2.05, 4.69) is 20.3 Å². The molecule has 0 aliphatic carbocycles. The third kappa shape index (κ3) is 4.09. The first-order valence-electron chi connectivity index (χ1n) is 9.13. The Hall–Kier alpha value is -2.68. The molecule has 1 aliphatic rings. The minimum Gasteiger partial charge on any atom is -0.444 e. The van der Waals surface area contributed by atoms with Gasteiger partial charge in [-0.25, -0.2) is 18.7 Å². The van der Waals surface area contributed by atoms with E-state index in [0.717, 1.165) is 34.3 Å². The quantitative estimate of drug-likeness (QED) is 0.722. The van der Waals surface area contributed by atoms with Crippen LogP contribution in [0.2, 0.25) is 0 Å². The third-order valence-corrected chi connectivity index (χ3v) is 5.34. The summed E-state index contributed by atoms with van der Waals surface area (Å²) in [7, 11) is 0. The van der Waals surface area contributed by atoms with E-state index in [1.807, 2.05) is 27.0 Å². The summed E-state index contributed by atoms with van der Waals surface area (Å²) in [6.45, 7) is 7.03. The number of halogens is 1. The second kappa shape index (κ2) is 7.05. The molecule has 0 spiro atoms. The molecule has 1 aromatic carbocycles. The first-order chi connectivity index (χ1) is 13.3. The highest BCUT2D eigenvalue weighted by molar-refractivity contribution is 7.20. The molecule has 4 rings (SSSR count). The SMILES string of the molecule is CC(C)(C)OC(=O)N[C@H]1CCN(c2nn3cc(-c4ccc(F)cc4)nc3s2)C1. The van der Waals surface area contributed by atoms with Gasteiger partial charge < -0.3 is 15.0 Å². The molecule has 0 saturated carbocycles. The maximum atomic E-state index is 13.1. The minimum absolute atomic E-state index is 0.0286. The summed E-state index contributed by atoms with van der Waals surface area (Å²) in [4.78, 5) is 19.5. The average molecular weight is 403 g/mol. The Morgan fingerprint density at radius 3 is 2.75 bits per heavy atom. The van der Waals surface area contributed by atoms with Crippen LogP contribution < -0.4 is 10.2 Å². The predicted octanol–water partition coefficient (Wildman–Crippen LogP) is 3.70. The van der Waals surface area contributed by atoms with Crippen LogP contribution in [0.4, 0.5) is 14.3 Å². The van der Waals surface area contributed by atoms with Gasteiger partial charge in [-0.1, -0.05) is 11.3 Å². The largest absolute Gasteiger partial charge is 0.444 e. The monoisotopic (exact) mass is 403 g/mol. The molecule has 7 nitrogen and oxygen atoms in total. The van der Waals surface area contributed by atoms with Crippen molar-refractivity contribution in [1.82, 2.24) is 19.9 Å². The van der Waals surface area contributed by atoms with Crippen molar-refractivity contribution in [3.05, 3.63) is 36.3 Å². The lowest BCUT2D eigenvalue weighted by molar-refractivity contribution is 0.0509. The van der Waals surface area contributed by atoms with Crippen molar-refractivity contribution in [3.8, 4) is 11.3 Å². The summed E-state index contributed by atoms with van der Waals surface area (Å²) in [6.07, 6.45) is 2.29. The van der Waals surface area contributed by atoms with E-state index in [0.29, 0.717) is 6.54 Å². The van der Waals surface area contributed by atoms with Gasteiger partial charge in [0.15, 0.2) is 0 Å². The molecule has 9 heteroatoms. The first kappa shape index (κ1) is 18.7. The molecule has 28 heavy (non-hydrogen) atoms. The molecular weight excluding hydrogens is 381 g/mol. The van der Waals surface area contributed by atoms with Gasteiger partial charge in [0, 0.05) is 18.7 Å². The average Bonchev–Trinajstić information content (AvgIpc) is 3.27. The zero-order valence-corrected chi connectivity index (χ0v) is 16.8. The number of rotatable bonds is 3. The van der Waals surface area contributed by atoms with Crippen molar-refractivity contribution < 1.29 is 13.9 Å². The van der Waals surface area contributed by atoms with Crippen LogP contribution in [-0.2, 0) is 4.74 Å². The summed E-state index contributed by atoms with van der Waals surface area (Å²) < 4.78 is 20.2. The van der Waals surface area contributed by atoms with Gasteiger partial charge in [0.1, 0.15) is 11.4 Å². The number of imidazole rings is 1. The molecule has 1 fully saturated rings. The molecule has 0 radical (unpaired) electrons. The molecule has 1 amide bonds. The van der Waals surface area contributed by atoms with Crippen molar-refractivity contribution in [3.63, 3.8) is 0 Å². The van der Waals surface area contributed by atoms with Crippen LogP contribution in [0.1, 0.15) is 27.2 Å². The van der Waals surface area contributed by atoms with Crippen molar-refractivity contribution in [2.75, 3.05) is 18.0 Å². The highest BCUT2D eigenvalue weighted by Crippen LogP contribution is 2.29. The molecule has 148 valence electrons. The fraction of sp³-hybridized carbons (Fsp3) is 0.421. The number of benzene rings is 1. The maximum Gasteiger partial charge on any atom is 0.407 e. The van der Waals surface area contributed by atoms with Crippen LogP contribution in [0.5, 0.6) is 0 Å². The second-order valence-electron chi connectivity index (χ2n) is 7.82. The topological polar surface area (TPSA) is 71.8 Å². The molecule has 2 aromatic heterocycles. The lowest BCUT2D eigenvalue weighted by Gasteiger charge is -2.21. The van der Waals surface area contributed by atoms with Crippen LogP contribution in [0.15, 0.2) is 30.5 Å². The van der Waals surface area contributed by atoms with Gasteiger partial charge in [0.05, 0.1) is 17.9 Å². The van der Waals surface area contributed by atoms with Gasteiger partial charge >= 0.3 is 6.09 Å². The van der Waals surface area contributed by atoms with Crippen LogP contribution in [0.3, 0.4) is 0 Å². The number of nitrogens with zero attached hydrogens (tertiary/aromatic N) is 4. The summed E-state index contributed by atoms with van der Waals surface area (Å²) >= 11 is 1.49. The molecule has 0 bridgehead atoms. The van der Waals surface area contributed by atoms with Gasteiger partial charge in [-0.05, 0) is 51.5 Å². The van der Waals surface area contributed by atoms with Crippen molar-refractivity contribution >= 4 is 27.5 Å². The van der Waals surface area contributed by atoms with Gasteiger partial charge in [0.25, 0.3) is 0 Å². The lowest BCUT2D eigenvalue weighted by atomic mass is 10.2. The highest BCUT2D eigenvalue weighted by Gasteiger charge is 2.28. The maximum absolute atomic E-state index is 13.1. The third-order valence-electron chi connectivity index (χ3n) is 4.35. The number of carbonyl (C=O) groups excluding carboxylic acids is 1. The summed E-state index contributed by atoms with van der Waals surface area (Å²) in [5, 5.41) is 8.39. The Labute approximate surface area is 166 Å². The molecular formula is C19H22FN5O2S. The molecule has 1 aliphatic heterocycles. The van der Waals surface area contributed by atoms with E-state index in [1.54, 1.807) is 16.6 Å². The first-order valence-corrected chi connectivity index (χ1v) is 9.95. The van der Waals surface area contributed by atoms with Crippen LogP contribution in [0.25, 0.3) is 16.2 Å². The van der Waals surface area contributed by atoms with Crippen LogP contribution in [-0.4, -0.2) is 45.4 Å². The van der Waals surface area contributed by atoms with E-state index in [1.165, 1.54) is 23.5 Å². The van der Waals surface area contributed by atoms with Crippen molar-refractivity contribution in [2.24, 2.45) is 0 Å². The molecule has 3 heterocycles. The van der Waals surface area contributed by atoms with E-state index in [4.69, 9.17) is 4.74 Å². The summed E-state index contributed by atoms with van der Waals surface area (Å²) in [5.41, 5.74) is 1.10. The zero-order chi connectivity index (χ0) is 19.9.